The number of halogens is 3. The lowest BCUT2D eigenvalue weighted by atomic mass is 9.96. The van der Waals surface area contributed by atoms with E-state index in [-0.39, 0.29) is 5.56 Å². The van der Waals surface area contributed by atoms with Gasteiger partial charge in [0.05, 0.1) is 5.56 Å². The van der Waals surface area contributed by atoms with Crippen molar-refractivity contribution in [1.29, 1.82) is 0 Å². The van der Waals surface area contributed by atoms with Crippen molar-refractivity contribution < 1.29 is 13.2 Å². The molecule has 0 heterocycles. The Bertz CT molecular complexity index is 382. The smallest absolute Gasteiger partial charge is 0.324 e. The molecule has 16 heavy (non-hydrogen) atoms. The monoisotopic (exact) mass is 229 g/mol. The molecule has 0 aliphatic rings. The van der Waals surface area contributed by atoms with Crippen molar-refractivity contribution in [3.05, 3.63) is 47.5 Å². The number of benzene rings is 1. The zero-order valence-corrected chi connectivity index (χ0v) is 9.01. The molecule has 0 saturated carbocycles. The molecule has 2 N–H and O–H groups in total. The topological polar surface area (TPSA) is 26.0 Å². The molecule has 0 saturated heterocycles. The van der Waals surface area contributed by atoms with Crippen LogP contribution in [0.4, 0.5) is 13.2 Å². The van der Waals surface area contributed by atoms with Gasteiger partial charge in [0.25, 0.3) is 0 Å². The summed E-state index contributed by atoms with van der Waals surface area (Å²) in [4.78, 5) is 0. The van der Waals surface area contributed by atoms with Gasteiger partial charge in [0.15, 0.2) is 0 Å². The van der Waals surface area contributed by atoms with Crippen LogP contribution in [0.15, 0.2) is 36.4 Å². The zero-order valence-electron chi connectivity index (χ0n) is 9.01. The molecule has 4 heteroatoms. The predicted octanol–water partition coefficient (Wildman–Crippen LogP) is 3.67. The second-order valence-corrected chi connectivity index (χ2v) is 3.85. The summed E-state index contributed by atoms with van der Waals surface area (Å²) in [5.41, 5.74) is 5.96. The van der Waals surface area contributed by atoms with Gasteiger partial charge >= 0.3 is 6.18 Å². The second-order valence-electron chi connectivity index (χ2n) is 3.85. The zero-order chi connectivity index (χ0) is 12.3. The lowest BCUT2D eigenvalue weighted by Crippen LogP contribution is -2.17. The molecule has 0 aliphatic heterocycles. The average molecular weight is 229 g/mol. The highest BCUT2D eigenvalue weighted by Gasteiger charge is 2.34. The van der Waals surface area contributed by atoms with Gasteiger partial charge in [0.2, 0.25) is 0 Å². The third-order valence-electron chi connectivity index (χ3n) is 2.23. The molecule has 0 unspecified atom stereocenters. The molecule has 0 bridgehead atoms. The average Bonchev–Trinajstić information content (AvgIpc) is 2.15. The van der Waals surface area contributed by atoms with E-state index in [4.69, 9.17) is 5.73 Å². The molecule has 0 fully saturated rings. The lowest BCUT2D eigenvalue weighted by molar-refractivity contribution is -0.138. The highest BCUT2D eigenvalue weighted by atomic mass is 19.4. The Kier molecular flexibility index (Phi) is 3.75. The van der Waals surface area contributed by atoms with E-state index < -0.39 is 17.8 Å². The van der Waals surface area contributed by atoms with Crippen molar-refractivity contribution in [2.24, 2.45) is 5.73 Å². The van der Waals surface area contributed by atoms with Gasteiger partial charge in [-0.3, -0.25) is 0 Å². The first-order valence-electron chi connectivity index (χ1n) is 4.88. The van der Waals surface area contributed by atoms with Gasteiger partial charge in [0, 0.05) is 6.04 Å². The van der Waals surface area contributed by atoms with Crippen LogP contribution in [-0.2, 0) is 6.18 Å². The van der Waals surface area contributed by atoms with Crippen LogP contribution in [0.3, 0.4) is 0 Å². The molecule has 1 nitrogen and oxygen atoms in total. The Balaban J connectivity index is 3.08. The Labute approximate surface area is 92.8 Å². The van der Waals surface area contributed by atoms with E-state index in [0.717, 1.165) is 11.6 Å². The summed E-state index contributed by atoms with van der Waals surface area (Å²) in [5, 5.41) is 0. The van der Waals surface area contributed by atoms with Crippen molar-refractivity contribution in [3.8, 4) is 0 Å². The highest BCUT2D eigenvalue weighted by molar-refractivity contribution is 5.32. The van der Waals surface area contributed by atoms with Gasteiger partial charge < -0.3 is 5.73 Å². The predicted molar refractivity (Wildman–Crippen MR) is 57.8 cm³/mol. The van der Waals surface area contributed by atoms with Gasteiger partial charge in [-0.15, -0.1) is 6.58 Å². The van der Waals surface area contributed by atoms with Gasteiger partial charge in [-0.05, 0) is 25.0 Å². The Morgan fingerprint density at radius 2 is 1.94 bits per heavy atom. The maximum Gasteiger partial charge on any atom is 0.416 e. The van der Waals surface area contributed by atoms with Gasteiger partial charge in [-0.1, -0.05) is 23.8 Å². The van der Waals surface area contributed by atoms with E-state index in [1.54, 1.807) is 13.0 Å². The summed E-state index contributed by atoms with van der Waals surface area (Å²) in [6.45, 7) is 5.40. The van der Waals surface area contributed by atoms with E-state index in [2.05, 4.69) is 6.58 Å². The van der Waals surface area contributed by atoms with Crippen LogP contribution in [0.5, 0.6) is 0 Å². The fraction of sp³-hybridized carbons (Fsp3) is 0.333. The van der Waals surface area contributed by atoms with Crippen LogP contribution in [0.1, 0.15) is 30.5 Å². The summed E-state index contributed by atoms with van der Waals surface area (Å²) >= 11 is 0. The summed E-state index contributed by atoms with van der Waals surface area (Å²) in [6, 6.07) is 4.72. The van der Waals surface area contributed by atoms with E-state index in [1.807, 2.05) is 0 Å². The molecule has 0 aliphatic carbocycles. The molecular formula is C12H14F3N. The van der Waals surface area contributed by atoms with E-state index in [0.29, 0.717) is 6.42 Å². The molecule has 0 spiro atoms. The molecule has 0 amide bonds. The number of alkyl halides is 3. The Hall–Kier alpha value is -1.29. The maximum atomic E-state index is 12.7. The molecular weight excluding hydrogens is 215 g/mol. The van der Waals surface area contributed by atoms with Crippen molar-refractivity contribution in [2.45, 2.75) is 25.6 Å². The summed E-state index contributed by atoms with van der Waals surface area (Å²) in [7, 11) is 0. The maximum absolute atomic E-state index is 12.7. The summed E-state index contributed by atoms with van der Waals surface area (Å²) < 4.78 is 38.0. The Morgan fingerprint density at radius 1 is 1.38 bits per heavy atom. The molecule has 0 radical (unpaired) electrons. The largest absolute Gasteiger partial charge is 0.416 e. The standard InChI is InChI=1S/C12H14F3N/c1-8(2)7-11(16)9-5-3-4-6-10(9)12(13,14)15/h3-6,11H,1,7,16H2,2H3/t11-/m0/s1. The van der Waals surface area contributed by atoms with Crippen molar-refractivity contribution in [2.75, 3.05) is 0 Å². The first kappa shape index (κ1) is 12.8. The minimum absolute atomic E-state index is 0.123. The first-order valence-corrected chi connectivity index (χ1v) is 4.88. The van der Waals surface area contributed by atoms with E-state index in [1.165, 1.54) is 12.1 Å². The quantitative estimate of drug-likeness (QED) is 0.786. The minimum atomic E-state index is -4.36. The fourth-order valence-electron chi connectivity index (χ4n) is 1.56. The Morgan fingerprint density at radius 3 is 2.44 bits per heavy atom. The summed E-state index contributed by atoms with van der Waals surface area (Å²) in [5.74, 6) is 0. The van der Waals surface area contributed by atoms with Gasteiger partial charge in [0.1, 0.15) is 0 Å². The lowest BCUT2D eigenvalue weighted by Gasteiger charge is -2.18. The molecule has 0 aromatic heterocycles. The van der Waals surface area contributed by atoms with Crippen molar-refractivity contribution in [1.82, 2.24) is 0 Å². The van der Waals surface area contributed by atoms with Crippen LogP contribution in [0.25, 0.3) is 0 Å². The SMILES string of the molecule is C=C(C)C[C@H](N)c1ccccc1C(F)(F)F. The number of hydrogen-bond donors (Lipinski definition) is 1. The van der Waals surface area contributed by atoms with Crippen LogP contribution < -0.4 is 5.73 Å². The van der Waals surface area contributed by atoms with E-state index >= 15 is 0 Å². The number of hydrogen-bond acceptors (Lipinski definition) is 1. The second kappa shape index (κ2) is 4.70. The van der Waals surface area contributed by atoms with Crippen LogP contribution in [-0.4, -0.2) is 0 Å². The van der Waals surface area contributed by atoms with Crippen LogP contribution in [0.2, 0.25) is 0 Å². The van der Waals surface area contributed by atoms with Crippen LogP contribution in [0, 0.1) is 0 Å². The van der Waals surface area contributed by atoms with Crippen LogP contribution >= 0.6 is 0 Å². The molecule has 88 valence electrons. The van der Waals surface area contributed by atoms with Gasteiger partial charge in [-0.25, -0.2) is 0 Å². The van der Waals surface area contributed by atoms with Crippen molar-refractivity contribution >= 4 is 0 Å². The van der Waals surface area contributed by atoms with Gasteiger partial charge in [-0.2, -0.15) is 13.2 Å². The molecule has 1 aromatic rings. The molecule has 1 rings (SSSR count). The van der Waals surface area contributed by atoms with E-state index in [9.17, 15) is 13.2 Å². The minimum Gasteiger partial charge on any atom is -0.324 e. The van der Waals surface area contributed by atoms with Crippen molar-refractivity contribution in [3.63, 3.8) is 0 Å². The molecule has 1 atom stereocenters. The fourth-order valence-corrected chi connectivity index (χ4v) is 1.56. The summed E-state index contributed by atoms with van der Waals surface area (Å²) in [6.07, 6.45) is -4.00. The third-order valence-corrected chi connectivity index (χ3v) is 2.23. The third kappa shape index (κ3) is 3.10. The first-order chi connectivity index (χ1) is 7.32. The molecule has 1 aromatic carbocycles. The number of nitrogens with two attached hydrogens (primary N) is 1. The number of rotatable bonds is 3. The normalized spacial score (nSPS) is 13.6. The highest BCUT2D eigenvalue weighted by Crippen LogP contribution is 2.35.